The first kappa shape index (κ1) is 27.7. The first-order valence-corrected chi connectivity index (χ1v) is 14.9. The Balaban J connectivity index is 1.46. The first-order valence-electron chi connectivity index (χ1n) is 11.9. The lowest BCUT2D eigenvalue weighted by Crippen LogP contribution is -2.18. The molecular weight excluding hydrogens is 538 g/mol. The molecule has 9 nitrogen and oxygen atoms in total. The molecule has 0 bridgehead atoms. The Bertz CT molecular complexity index is 1670. The van der Waals surface area contributed by atoms with Crippen LogP contribution in [-0.4, -0.2) is 29.3 Å². The largest absolute Gasteiger partial charge is 0.494 e. The van der Waals surface area contributed by atoms with Gasteiger partial charge in [0.15, 0.2) is 0 Å². The van der Waals surface area contributed by atoms with Crippen LogP contribution in [0.25, 0.3) is 0 Å². The van der Waals surface area contributed by atoms with E-state index in [0.29, 0.717) is 23.7 Å². The number of ether oxygens (including phenoxy) is 1. The molecule has 39 heavy (non-hydrogen) atoms. The minimum absolute atomic E-state index is 0.000594. The fraction of sp³-hybridized carbons (Fsp3) is 0.107. The van der Waals surface area contributed by atoms with Gasteiger partial charge >= 0.3 is 0 Å². The maximum absolute atomic E-state index is 13.0. The Kier molecular flexibility index (Phi) is 8.22. The summed E-state index contributed by atoms with van der Waals surface area (Å²) in [6, 6.07) is 24.7. The van der Waals surface area contributed by atoms with E-state index in [1.54, 1.807) is 48.5 Å². The molecule has 0 aliphatic rings. The second kappa shape index (κ2) is 11.6. The van der Waals surface area contributed by atoms with E-state index in [0.717, 1.165) is 5.56 Å². The topological polar surface area (TPSA) is 131 Å². The number of hydrogen-bond acceptors (Lipinski definition) is 6. The molecule has 0 saturated carbocycles. The molecule has 0 heterocycles. The molecule has 4 aromatic rings. The third kappa shape index (κ3) is 6.95. The van der Waals surface area contributed by atoms with Gasteiger partial charge in [-0.25, -0.2) is 16.8 Å². The quantitative estimate of drug-likeness (QED) is 0.241. The van der Waals surface area contributed by atoms with E-state index < -0.39 is 26.0 Å². The van der Waals surface area contributed by atoms with Gasteiger partial charge in [0.25, 0.3) is 26.0 Å². The molecular formula is C28H27N3O6S2. The summed E-state index contributed by atoms with van der Waals surface area (Å²) < 4.78 is 61.6. The normalized spacial score (nSPS) is 11.4. The third-order valence-corrected chi connectivity index (χ3v) is 8.37. The lowest BCUT2D eigenvalue weighted by atomic mass is 10.1. The first-order chi connectivity index (χ1) is 18.6. The van der Waals surface area contributed by atoms with Crippen molar-refractivity contribution >= 4 is 43.0 Å². The van der Waals surface area contributed by atoms with E-state index >= 15 is 0 Å². The van der Waals surface area contributed by atoms with Crippen LogP contribution in [0.5, 0.6) is 5.75 Å². The van der Waals surface area contributed by atoms with E-state index in [1.807, 2.05) is 13.8 Å². The highest BCUT2D eigenvalue weighted by Gasteiger charge is 2.19. The summed E-state index contributed by atoms with van der Waals surface area (Å²) in [7, 11) is -7.80. The molecule has 0 radical (unpaired) electrons. The highest BCUT2D eigenvalue weighted by Crippen LogP contribution is 2.24. The van der Waals surface area contributed by atoms with Gasteiger partial charge in [-0.3, -0.25) is 14.2 Å². The Hall–Kier alpha value is -4.35. The van der Waals surface area contributed by atoms with Gasteiger partial charge in [-0.05, 0) is 86.6 Å². The molecule has 0 atom stereocenters. The Morgan fingerprint density at radius 2 is 1.23 bits per heavy atom. The zero-order valence-electron chi connectivity index (χ0n) is 21.2. The summed E-state index contributed by atoms with van der Waals surface area (Å²) >= 11 is 0. The number of anilines is 3. The highest BCUT2D eigenvalue weighted by atomic mass is 32.2. The number of sulfonamides is 2. The SMILES string of the molecule is CCOc1ccc(NS(=O)(=O)c2ccc(NC(=O)c3ccccc3NS(=O)(=O)c3ccc(C)cc3)cc2)cc1. The molecule has 1 amide bonds. The van der Waals surface area contributed by atoms with Crippen LogP contribution in [0.4, 0.5) is 17.1 Å². The van der Waals surface area contributed by atoms with E-state index in [-0.39, 0.29) is 21.0 Å². The third-order valence-electron chi connectivity index (χ3n) is 5.59. The Morgan fingerprint density at radius 3 is 1.85 bits per heavy atom. The number of nitrogens with one attached hydrogen (secondary N) is 3. The second-order valence-corrected chi connectivity index (χ2v) is 11.9. The van der Waals surface area contributed by atoms with Gasteiger partial charge in [-0.1, -0.05) is 29.8 Å². The van der Waals surface area contributed by atoms with Crippen molar-refractivity contribution in [1.29, 1.82) is 0 Å². The van der Waals surface area contributed by atoms with Crippen LogP contribution in [0.1, 0.15) is 22.8 Å². The number of benzene rings is 4. The smallest absolute Gasteiger partial charge is 0.261 e. The summed E-state index contributed by atoms with van der Waals surface area (Å²) in [4.78, 5) is 13.1. The molecule has 4 rings (SSSR count). The van der Waals surface area contributed by atoms with Crippen LogP contribution in [0.15, 0.2) is 107 Å². The van der Waals surface area contributed by atoms with Gasteiger partial charge in [0.05, 0.1) is 27.6 Å². The van der Waals surface area contributed by atoms with E-state index in [1.165, 1.54) is 48.5 Å². The number of rotatable bonds is 10. The highest BCUT2D eigenvalue weighted by molar-refractivity contribution is 7.93. The number of para-hydroxylation sites is 1. The van der Waals surface area contributed by atoms with Crippen LogP contribution in [0.2, 0.25) is 0 Å². The number of amides is 1. The van der Waals surface area contributed by atoms with Crippen molar-refractivity contribution in [2.45, 2.75) is 23.6 Å². The second-order valence-electron chi connectivity index (χ2n) is 8.51. The molecule has 0 saturated heterocycles. The molecule has 0 unspecified atom stereocenters. The van der Waals surface area contributed by atoms with Crippen molar-refractivity contribution in [3.8, 4) is 5.75 Å². The van der Waals surface area contributed by atoms with Gasteiger partial charge in [-0.15, -0.1) is 0 Å². The fourth-order valence-corrected chi connectivity index (χ4v) is 5.75. The monoisotopic (exact) mass is 565 g/mol. The number of hydrogen-bond donors (Lipinski definition) is 3. The van der Waals surface area contributed by atoms with Crippen molar-refractivity contribution in [1.82, 2.24) is 0 Å². The Morgan fingerprint density at radius 1 is 0.692 bits per heavy atom. The van der Waals surface area contributed by atoms with Crippen LogP contribution in [-0.2, 0) is 20.0 Å². The molecule has 0 aromatic heterocycles. The van der Waals surface area contributed by atoms with Gasteiger partial charge in [0.1, 0.15) is 5.75 Å². The van der Waals surface area contributed by atoms with Crippen molar-refractivity contribution in [2.24, 2.45) is 0 Å². The number of carbonyl (C=O) groups excluding carboxylic acids is 1. The number of aryl methyl sites for hydroxylation is 1. The standard InChI is InChI=1S/C28H27N3O6S2/c1-3-37-23-14-10-22(11-15-23)30-38(33,34)25-18-12-21(13-19-25)29-28(32)26-6-4-5-7-27(26)31-39(35,36)24-16-8-20(2)9-17-24/h4-19,30-31H,3H2,1-2H3,(H,29,32). The average molecular weight is 566 g/mol. The van der Waals surface area contributed by atoms with Crippen LogP contribution >= 0.6 is 0 Å². The fourth-order valence-electron chi connectivity index (χ4n) is 3.61. The summed E-state index contributed by atoms with van der Waals surface area (Å²) in [6.45, 7) is 4.21. The molecule has 0 aliphatic heterocycles. The van der Waals surface area contributed by atoms with E-state index in [4.69, 9.17) is 4.74 Å². The van der Waals surface area contributed by atoms with Gasteiger partial charge < -0.3 is 10.1 Å². The maximum atomic E-state index is 13.0. The van der Waals surface area contributed by atoms with Crippen molar-refractivity contribution in [2.75, 3.05) is 21.4 Å². The predicted octanol–water partition coefficient (Wildman–Crippen LogP) is 5.25. The van der Waals surface area contributed by atoms with Crippen LogP contribution in [0, 0.1) is 6.92 Å². The van der Waals surface area contributed by atoms with Crippen molar-refractivity contribution < 1.29 is 26.4 Å². The summed E-state index contributed by atoms with van der Waals surface area (Å²) in [5.41, 5.74) is 1.83. The molecule has 0 fully saturated rings. The molecule has 11 heteroatoms. The molecule has 0 aliphatic carbocycles. The molecule has 3 N–H and O–H groups in total. The Labute approximate surface area is 228 Å². The molecule has 0 spiro atoms. The minimum Gasteiger partial charge on any atom is -0.494 e. The van der Waals surface area contributed by atoms with E-state index in [9.17, 15) is 21.6 Å². The van der Waals surface area contributed by atoms with Crippen molar-refractivity contribution in [3.05, 3.63) is 108 Å². The summed E-state index contributed by atoms with van der Waals surface area (Å²) in [5, 5.41) is 2.68. The lowest BCUT2D eigenvalue weighted by molar-refractivity contribution is 0.102. The zero-order valence-corrected chi connectivity index (χ0v) is 22.8. The zero-order chi connectivity index (χ0) is 28.0. The van der Waals surface area contributed by atoms with Crippen molar-refractivity contribution in [3.63, 3.8) is 0 Å². The van der Waals surface area contributed by atoms with Crippen LogP contribution < -0.4 is 19.5 Å². The van der Waals surface area contributed by atoms with E-state index in [2.05, 4.69) is 14.8 Å². The predicted molar refractivity (Wildman–Crippen MR) is 151 cm³/mol. The molecule has 4 aromatic carbocycles. The maximum Gasteiger partial charge on any atom is 0.261 e. The molecule has 202 valence electrons. The number of carbonyl (C=O) groups is 1. The van der Waals surface area contributed by atoms with Gasteiger partial charge in [0, 0.05) is 11.4 Å². The van der Waals surface area contributed by atoms with Gasteiger partial charge in [0.2, 0.25) is 0 Å². The lowest BCUT2D eigenvalue weighted by Gasteiger charge is -2.13. The summed E-state index contributed by atoms with van der Waals surface area (Å²) in [6.07, 6.45) is 0. The summed E-state index contributed by atoms with van der Waals surface area (Å²) in [5.74, 6) is 0.0605. The minimum atomic E-state index is -3.92. The average Bonchev–Trinajstić information content (AvgIpc) is 2.90. The van der Waals surface area contributed by atoms with Crippen LogP contribution in [0.3, 0.4) is 0 Å². The van der Waals surface area contributed by atoms with Gasteiger partial charge in [-0.2, -0.15) is 0 Å².